The lowest BCUT2D eigenvalue weighted by Gasteiger charge is -2.44. The average molecular weight is 568 g/mol. The van der Waals surface area contributed by atoms with Crippen LogP contribution >= 0.6 is 0 Å². The van der Waals surface area contributed by atoms with Crippen LogP contribution in [0.25, 0.3) is 0 Å². The van der Waals surface area contributed by atoms with Crippen LogP contribution in [-0.2, 0) is 13.3 Å². The van der Waals surface area contributed by atoms with E-state index in [4.69, 9.17) is 0 Å². The monoisotopic (exact) mass is 568 g/mol. The summed E-state index contributed by atoms with van der Waals surface area (Å²) in [5.41, 5.74) is -8.56. The van der Waals surface area contributed by atoms with Gasteiger partial charge in [0.25, 0.3) is 0 Å². The minimum atomic E-state index is -8.77. The minimum Gasteiger partial charge on any atom is -0.377 e. The first-order valence-corrected chi connectivity index (χ1v) is 9.94. The van der Waals surface area contributed by atoms with Crippen molar-refractivity contribution in [1.29, 1.82) is 0 Å². The van der Waals surface area contributed by atoms with Crippen molar-refractivity contribution in [2.45, 2.75) is 60.1 Å². The molecule has 0 heterocycles. The van der Waals surface area contributed by atoms with Crippen LogP contribution in [0.4, 0.5) is 74.6 Å². The summed E-state index contributed by atoms with van der Waals surface area (Å²) in [6, 6.07) is -1.62. The molecule has 0 aliphatic heterocycles. The van der Waals surface area contributed by atoms with Gasteiger partial charge in [-0.2, -0.15) is 70.2 Å². The van der Waals surface area contributed by atoms with Gasteiger partial charge in [-0.1, -0.05) is 0 Å². The van der Waals surface area contributed by atoms with Gasteiger partial charge in [0, 0.05) is 33.8 Å². The van der Waals surface area contributed by atoms with E-state index >= 15 is 0 Å². The summed E-state index contributed by atoms with van der Waals surface area (Å²) in [5.74, 6) is -40.2. The highest BCUT2D eigenvalue weighted by Gasteiger charge is 2.97. The van der Waals surface area contributed by atoms with Gasteiger partial charge in [0.15, 0.2) is 0 Å². The van der Waals surface area contributed by atoms with Gasteiger partial charge in [-0.25, -0.2) is 4.39 Å². The molecule has 3 nitrogen and oxygen atoms in total. The molecule has 0 radical (unpaired) electrons. The number of rotatable bonds is 11. The third-order valence-electron chi connectivity index (χ3n) is 4.53. The number of alkyl halides is 17. The maximum atomic E-state index is 13.8. The Kier molecular flexibility index (Phi) is 8.80. The molecule has 0 aromatic rings. The smallest absolute Gasteiger partial charge is 0.377 e. The summed E-state index contributed by atoms with van der Waals surface area (Å²) in [6.45, 7) is 0. The van der Waals surface area contributed by atoms with Crippen molar-refractivity contribution in [1.82, 2.24) is 0 Å². The van der Waals surface area contributed by atoms with E-state index in [9.17, 15) is 74.6 Å². The van der Waals surface area contributed by atoms with Gasteiger partial charge in [0.1, 0.15) is 0 Å². The topological polar surface area (TPSA) is 27.7 Å². The first-order chi connectivity index (χ1) is 14.6. The molecular formula is C13H13F17O3Si. The fourth-order valence-corrected chi connectivity index (χ4v) is 4.11. The molecule has 0 unspecified atom stereocenters. The molecule has 0 amide bonds. The second-order valence-electron chi connectivity index (χ2n) is 6.45. The molecule has 0 aliphatic carbocycles. The molecule has 206 valence electrons. The molecule has 0 saturated heterocycles. The Balaban J connectivity index is 6.71. The zero-order chi connectivity index (χ0) is 28.0. The van der Waals surface area contributed by atoms with E-state index in [0.29, 0.717) is 21.3 Å². The summed E-state index contributed by atoms with van der Waals surface area (Å²) >= 11 is 0. The van der Waals surface area contributed by atoms with E-state index in [2.05, 4.69) is 13.3 Å². The zero-order valence-corrected chi connectivity index (χ0v) is 17.6. The summed E-state index contributed by atoms with van der Waals surface area (Å²) in [7, 11) is -2.40. The van der Waals surface area contributed by atoms with Crippen LogP contribution in [0.3, 0.4) is 0 Å². The van der Waals surface area contributed by atoms with Crippen LogP contribution in [0.5, 0.6) is 0 Å². The van der Waals surface area contributed by atoms with Crippen LogP contribution in [0.1, 0.15) is 6.42 Å². The Morgan fingerprint density at radius 3 is 1.03 bits per heavy atom. The van der Waals surface area contributed by atoms with Crippen molar-refractivity contribution in [3.63, 3.8) is 0 Å². The summed E-state index contributed by atoms with van der Waals surface area (Å²) in [4.78, 5) is 0. The van der Waals surface area contributed by atoms with Gasteiger partial charge >= 0.3 is 56.4 Å². The van der Waals surface area contributed by atoms with Gasteiger partial charge in [-0.05, 0) is 0 Å². The first-order valence-electron chi connectivity index (χ1n) is 8.01. The number of halogens is 17. The molecule has 21 heteroatoms. The molecule has 0 aromatic heterocycles. The standard InChI is InChI=1S/C13H13F17O3Si/c1-31-34(32-2,33-3)5-4-6(14,15)8(17,18)10(21,22)11(23,24)9(19,20)7(16,12(25,26)27)13(28,29)30/h4-5H2,1-3H3. The normalized spacial score (nSPS) is 16.2. The van der Waals surface area contributed by atoms with Crippen molar-refractivity contribution in [3.05, 3.63) is 0 Å². The van der Waals surface area contributed by atoms with Crippen molar-refractivity contribution in [2.24, 2.45) is 0 Å². The predicted molar refractivity (Wildman–Crippen MR) is 76.9 cm³/mol. The van der Waals surface area contributed by atoms with Crippen LogP contribution in [-0.4, -0.2) is 77.8 Å². The molecule has 0 rings (SSSR count). The van der Waals surface area contributed by atoms with Gasteiger partial charge in [0.2, 0.25) is 0 Å². The maximum absolute atomic E-state index is 13.8. The van der Waals surface area contributed by atoms with E-state index < -0.39 is 68.9 Å². The van der Waals surface area contributed by atoms with Gasteiger partial charge in [-0.3, -0.25) is 0 Å². The second-order valence-corrected chi connectivity index (χ2v) is 9.54. The Morgan fingerprint density at radius 2 is 0.765 bits per heavy atom. The van der Waals surface area contributed by atoms with Crippen LogP contribution in [0.2, 0.25) is 6.04 Å². The third-order valence-corrected chi connectivity index (χ3v) is 7.26. The lowest BCUT2D eigenvalue weighted by Crippen LogP contribution is -2.76. The summed E-state index contributed by atoms with van der Waals surface area (Å²) in [5, 5.41) is 0. The van der Waals surface area contributed by atoms with E-state index in [0.717, 1.165) is 0 Å². The molecule has 34 heavy (non-hydrogen) atoms. The minimum absolute atomic E-state index is 0.661. The van der Waals surface area contributed by atoms with E-state index in [1.54, 1.807) is 0 Å². The maximum Gasteiger partial charge on any atom is 0.500 e. The van der Waals surface area contributed by atoms with Crippen molar-refractivity contribution < 1.29 is 87.9 Å². The summed E-state index contributed by atoms with van der Waals surface area (Å²) in [6.07, 6.45) is -19.0. The molecular weight excluding hydrogens is 555 g/mol. The van der Waals surface area contributed by atoms with E-state index in [1.165, 1.54) is 0 Å². The van der Waals surface area contributed by atoms with Gasteiger partial charge < -0.3 is 13.3 Å². The molecule has 0 fully saturated rings. The number of hydrogen-bond donors (Lipinski definition) is 0. The highest BCUT2D eigenvalue weighted by Crippen LogP contribution is 2.65. The molecule has 0 aliphatic rings. The Labute approximate surface area is 179 Å². The zero-order valence-electron chi connectivity index (χ0n) is 16.6. The van der Waals surface area contributed by atoms with Gasteiger partial charge in [0.05, 0.1) is 0 Å². The SMILES string of the molecule is CO[Si](CCC(F)(F)C(F)(F)C(F)(F)C(F)(F)C(F)(F)C(F)(C(F)(F)F)C(F)(F)F)(OC)OC. The second kappa shape index (κ2) is 9.09. The molecule has 0 saturated carbocycles. The van der Waals surface area contributed by atoms with Crippen molar-refractivity contribution in [3.8, 4) is 0 Å². The Bertz CT molecular complexity index is 675. The molecule has 0 atom stereocenters. The molecule has 0 bridgehead atoms. The quantitative estimate of drug-likeness (QED) is 0.218. The van der Waals surface area contributed by atoms with Crippen LogP contribution in [0.15, 0.2) is 0 Å². The number of hydrogen-bond acceptors (Lipinski definition) is 3. The predicted octanol–water partition coefficient (Wildman–Crippen LogP) is 6.26. The van der Waals surface area contributed by atoms with E-state index in [-0.39, 0.29) is 0 Å². The van der Waals surface area contributed by atoms with Crippen molar-refractivity contribution >= 4 is 8.80 Å². The molecule has 0 N–H and O–H groups in total. The van der Waals surface area contributed by atoms with Crippen LogP contribution in [0, 0.1) is 0 Å². The fourth-order valence-electron chi connectivity index (χ4n) is 2.38. The van der Waals surface area contributed by atoms with Crippen LogP contribution < -0.4 is 0 Å². The highest BCUT2D eigenvalue weighted by molar-refractivity contribution is 6.60. The fraction of sp³-hybridized carbons (Fsp3) is 1.00. The Hall–Kier alpha value is -1.09. The van der Waals surface area contributed by atoms with E-state index in [1.807, 2.05) is 0 Å². The lowest BCUT2D eigenvalue weighted by molar-refractivity contribution is -0.465. The lowest BCUT2D eigenvalue weighted by atomic mass is 9.84. The third kappa shape index (κ3) is 4.55. The Morgan fingerprint density at radius 1 is 0.471 bits per heavy atom. The first kappa shape index (κ1) is 32.9. The largest absolute Gasteiger partial charge is 0.500 e. The molecule has 0 aromatic carbocycles. The van der Waals surface area contributed by atoms with Crippen molar-refractivity contribution in [2.75, 3.05) is 21.3 Å². The highest BCUT2D eigenvalue weighted by atomic mass is 28.4. The average Bonchev–Trinajstić information content (AvgIpc) is 2.66. The van der Waals surface area contributed by atoms with Gasteiger partial charge in [-0.15, -0.1) is 0 Å². The molecule has 0 spiro atoms. The summed E-state index contributed by atoms with van der Waals surface area (Å²) < 4.78 is 238.